The monoisotopic (exact) mass is 635 g/mol. The molecule has 50 heavy (non-hydrogen) atoms. The van der Waals surface area contributed by atoms with E-state index in [9.17, 15) is 0 Å². The molecule has 0 aliphatic rings. The zero-order valence-electron chi connectivity index (χ0n) is 27.1. The van der Waals surface area contributed by atoms with Crippen molar-refractivity contribution >= 4 is 54.1 Å². The Morgan fingerprint density at radius 1 is 0.320 bits per heavy atom. The Hall–Kier alpha value is -6.71. The predicted octanol–water partition coefficient (Wildman–Crippen LogP) is 12.3. The van der Waals surface area contributed by atoms with Gasteiger partial charge < -0.3 is 0 Å². The first-order valence-electron chi connectivity index (χ1n) is 16.9. The summed E-state index contributed by atoms with van der Waals surface area (Å²) in [6.45, 7) is 0. The van der Waals surface area contributed by atoms with Gasteiger partial charge in [0.15, 0.2) is 0 Å². The number of para-hydroxylation sites is 1. The van der Waals surface area contributed by atoms with Crippen LogP contribution in [0.3, 0.4) is 0 Å². The van der Waals surface area contributed by atoms with Gasteiger partial charge in [0, 0.05) is 39.9 Å². The summed E-state index contributed by atoms with van der Waals surface area (Å²) in [5, 5.41) is 9.49. The number of nitrogens with zero attached hydrogens (tertiary/aromatic N) is 3. The van der Waals surface area contributed by atoms with Crippen molar-refractivity contribution in [1.29, 1.82) is 0 Å². The number of hydrogen-bond donors (Lipinski definition) is 0. The van der Waals surface area contributed by atoms with E-state index in [1.807, 2.05) is 30.6 Å². The molecule has 3 aromatic heterocycles. The third-order valence-electron chi connectivity index (χ3n) is 9.89. The van der Waals surface area contributed by atoms with Crippen LogP contribution in [0.1, 0.15) is 0 Å². The normalized spacial score (nSPS) is 11.6. The van der Waals surface area contributed by atoms with Crippen LogP contribution in [-0.4, -0.2) is 15.0 Å². The molecule has 3 heteroatoms. The molecule has 0 amide bonds. The van der Waals surface area contributed by atoms with Gasteiger partial charge in [-0.2, -0.15) is 0 Å². The van der Waals surface area contributed by atoms with E-state index < -0.39 is 0 Å². The molecule has 3 nitrogen and oxygen atoms in total. The van der Waals surface area contributed by atoms with E-state index in [0.29, 0.717) is 0 Å². The van der Waals surface area contributed by atoms with Crippen molar-refractivity contribution in [3.8, 4) is 44.8 Å². The summed E-state index contributed by atoms with van der Waals surface area (Å²) < 4.78 is 0. The molecule has 3 heterocycles. The molecule has 10 rings (SSSR count). The van der Waals surface area contributed by atoms with Crippen molar-refractivity contribution in [1.82, 2.24) is 15.0 Å². The summed E-state index contributed by atoms with van der Waals surface area (Å²) in [6.07, 6.45) is 3.83. The van der Waals surface area contributed by atoms with Crippen molar-refractivity contribution < 1.29 is 0 Å². The first kappa shape index (κ1) is 28.3. The van der Waals surface area contributed by atoms with Crippen LogP contribution in [-0.2, 0) is 0 Å². The van der Waals surface area contributed by atoms with Gasteiger partial charge in [-0.3, -0.25) is 9.97 Å². The molecule has 0 aliphatic carbocycles. The predicted molar refractivity (Wildman–Crippen MR) is 209 cm³/mol. The van der Waals surface area contributed by atoms with Gasteiger partial charge in [-0.1, -0.05) is 115 Å². The van der Waals surface area contributed by atoms with E-state index in [4.69, 9.17) is 9.97 Å². The average Bonchev–Trinajstić information content (AvgIpc) is 3.19. The van der Waals surface area contributed by atoms with Gasteiger partial charge in [-0.25, -0.2) is 4.98 Å². The highest BCUT2D eigenvalue weighted by Gasteiger charge is 2.19. The zero-order valence-corrected chi connectivity index (χ0v) is 27.1. The second-order valence-electron chi connectivity index (χ2n) is 12.9. The number of benzene rings is 7. The fourth-order valence-corrected chi connectivity index (χ4v) is 7.42. The van der Waals surface area contributed by atoms with Crippen molar-refractivity contribution in [2.75, 3.05) is 0 Å². The van der Waals surface area contributed by atoms with Crippen molar-refractivity contribution in [3.05, 3.63) is 176 Å². The van der Waals surface area contributed by atoms with Crippen LogP contribution in [0.2, 0.25) is 0 Å². The van der Waals surface area contributed by atoms with Crippen molar-refractivity contribution in [3.63, 3.8) is 0 Å². The van der Waals surface area contributed by atoms with Gasteiger partial charge >= 0.3 is 0 Å². The Morgan fingerprint density at radius 3 is 1.56 bits per heavy atom. The van der Waals surface area contributed by atoms with Gasteiger partial charge in [-0.05, 0) is 97.5 Å². The SMILES string of the molecule is c1ccc2cc(-c3c4ccccc4c(-c4ccc5ccccc5c4)c4nc(-c5ccc(-c6cnc7ccccc7c6)nc5)ccc34)ccc2c1. The maximum absolute atomic E-state index is 5.49. The Balaban J connectivity index is 1.20. The lowest BCUT2D eigenvalue weighted by Gasteiger charge is -2.18. The van der Waals surface area contributed by atoms with Gasteiger partial charge in [0.1, 0.15) is 0 Å². The highest BCUT2D eigenvalue weighted by Crippen LogP contribution is 2.44. The van der Waals surface area contributed by atoms with Crippen LogP contribution in [0.25, 0.3) is 98.9 Å². The summed E-state index contributed by atoms with van der Waals surface area (Å²) in [6, 6.07) is 58.3. The Labute approximate surface area is 289 Å². The lowest BCUT2D eigenvalue weighted by Crippen LogP contribution is -1.95. The first-order valence-corrected chi connectivity index (χ1v) is 16.9. The lowest BCUT2D eigenvalue weighted by atomic mass is 9.87. The van der Waals surface area contributed by atoms with E-state index in [2.05, 4.69) is 151 Å². The van der Waals surface area contributed by atoms with Gasteiger partial charge in [0.2, 0.25) is 0 Å². The second-order valence-corrected chi connectivity index (χ2v) is 12.9. The summed E-state index contributed by atoms with van der Waals surface area (Å²) in [5.41, 5.74) is 10.3. The van der Waals surface area contributed by atoms with Crippen LogP contribution < -0.4 is 0 Å². The topological polar surface area (TPSA) is 38.7 Å². The number of aromatic nitrogens is 3. The molecule has 0 saturated heterocycles. The summed E-state index contributed by atoms with van der Waals surface area (Å²) in [7, 11) is 0. The molecule has 232 valence electrons. The third kappa shape index (κ3) is 4.71. The quantitative estimate of drug-likeness (QED) is 0.181. The minimum Gasteiger partial charge on any atom is -0.256 e. The van der Waals surface area contributed by atoms with Gasteiger partial charge in [0.25, 0.3) is 0 Å². The number of pyridine rings is 3. The molecule has 0 aliphatic heterocycles. The molecular weight excluding hydrogens is 607 g/mol. The molecule has 10 aromatic rings. The molecule has 0 atom stereocenters. The van der Waals surface area contributed by atoms with Crippen molar-refractivity contribution in [2.24, 2.45) is 0 Å². The summed E-state index contributed by atoms with van der Waals surface area (Å²) in [4.78, 5) is 15.0. The Morgan fingerprint density at radius 2 is 0.860 bits per heavy atom. The summed E-state index contributed by atoms with van der Waals surface area (Å²) >= 11 is 0. The molecular formula is C47H29N3. The second kappa shape index (κ2) is 11.5. The van der Waals surface area contributed by atoms with Crippen LogP contribution in [0.15, 0.2) is 176 Å². The molecule has 0 saturated carbocycles. The minimum absolute atomic E-state index is 0.884. The lowest BCUT2D eigenvalue weighted by molar-refractivity contribution is 1.29. The minimum atomic E-state index is 0.884. The molecule has 0 spiro atoms. The highest BCUT2D eigenvalue weighted by molar-refractivity contribution is 6.21. The van der Waals surface area contributed by atoms with Crippen LogP contribution in [0.4, 0.5) is 0 Å². The first-order chi connectivity index (χ1) is 24.8. The molecule has 0 radical (unpaired) electrons. The Bertz CT molecular complexity index is 2930. The van der Waals surface area contributed by atoms with Crippen molar-refractivity contribution in [2.45, 2.75) is 0 Å². The van der Waals surface area contributed by atoms with Crippen LogP contribution in [0, 0.1) is 0 Å². The maximum atomic E-state index is 5.49. The van der Waals surface area contributed by atoms with E-state index >= 15 is 0 Å². The Kier molecular flexibility index (Phi) is 6.49. The number of fused-ring (bicyclic) bond motifs is 5. The van der Waals surface area contributed by atoms with Gasteiger partial charge in [0.05, 0.1) is 22.4 Å². The number of hydrogen-bond acceptors (Lipinski definition) is 3. The van der Waals surface area contributed by atoms with Gasteiger partial charge in [-0.15, -0.1) is 0 Å². The fourth-order valence-electron chi connectivity index (χ4n) is 7.42. The van der Waals surface area contributed by atoms with E-state index in [1.54, 1.807) is 0 Å². The molecule has 0 bridgehead atoms. The fraction of sp³-hybridized carbons (Fsp3) is 0. The molecule has 0 unspecified atom stereocenters. The number of rotatable bonds is 4. The maximum Gasteiger partial charge on any atom is 0.0800 e. The third-order valence-corrected chi connectivity index (χ3v) is 9.89. The summed E-state index contributed by atoms with van der Waals surface area (Å²) in [5.74, 6) is 0. The van der Waals surface area contributed by atoms with E-state index in [1.165, 1.54) is 43.4 Å². The van der Waals surface area contributed by atoms with Crippen LogP contribution in [0.5, 0.6) is 0 Å². The van der Waals surface area contributed by atoms with E-state index in [-0.39, 0.29) is 0 Å². The molecule has 7 aromatic carbocycles. The highest BCUT2D eigenvalue weighted by atomic mass is 14.7. The molecule has 0 N–H and O–H groups in total. The molecule has 0 fully saturated rings. The largest absolute Gasteiger partial charge is 0.256 e. The zero-order chi connectivity index (χ0) is 33.0. The standard InChI is InChI=1S/C47H29N3/c1-3-11-32-25-35(19-17-30(32)9-1)45-39-14-6-7-15-40(39)46(36-20-18-31-10-2-4-12-33(31)26-36)47-41(45)22-24-44(50-47)37-21-23-43(48-28-37)38-27-34-13-5-8-16-42(34)49-29-38/h1-29H. The van der Waals surface area contributed by atoms with Crippen LogP contribution >= 0.6 is 0 Å². The average molecular weight is 636 g/mol. The van der Waals surface area contributed by atoms with E-state index in [0.717, 1.165) is 55.4 Å². The smallest absolute Gasteiger partial charge is 0.0800 e.